The third-order valence-electron chi connectivity index (χ3n) is 6.88. The van der Waals surface area contributed by atoms with Gasteiger partial charge in [0.1, 0.15) is 0 Å². The third-order valence-corrected chi connectivity index (χ3v) is 7.90. The first kappa shape index (κ1) is 25.5. The van der Waals surface area contributed by atoms with Gasteiger partial charge >= 0.3 is 12.0 Å². The lowest BCUT2D eigenvalue weighted by Gasteiger charge is -2.36. The fourth-order valence-corrected chi connectivity index (χ4v) is 5.44. The van der Waals surface area contributed by atoms with Gasteiger partial charge in [-0.1, -0.05) is 11.3 Å². The summed E-state index contributed by atoms with van der Waals surface area (Å²) in [7, 11) is 0. The Balaban J connectivity index is 1.48. The number of fused-ring (bicyclic) bond motifs is 1. The van der Waals surface area contributed by atoms with E-state index in [1.54, 1.807) is 25.5 Å². The predicted molar refractivity (Wildman–Crippen MR) is 148 cm³/mol. The van der Waals surface area contributed by atoms with Crippen molar-refractivity contribution in [1.29, 1.82) is 0 Å². The first-order valence-electron chi connectivity index (χ1n) is 12.5. The van der Waals surface area contributed by atoms with Crippen molar-refractivity contribution in [1.82, 2.24) is 25.3 Å². The van der Waals surface area contributed by atoms with E-state index in [-0.39, 0.29) is 6.03 Å². The van der Waals surface area contributed by atoms with Crippen LogP contribution in [0.15, 0.2) is 42.9 Å². The van der Waals surface area contributed by atoms with Gasteiger partial charge in [0.05, 0.1) is 21.3 Å². The van der Waals surface area contributed by atoms with Crippen molar-refractivity contribution >= 4 is 44.6 Å². The number of hydrogen-bond acceptors (Lipinski definition) is 8. The number of benzene rings is 1. The molecular formula is C27H29N7O3S. The van der Waals surface area contributed by atoms with Crippen molar-refractivity contribution in [3.8, 4) is 22.4 Å². The normalized spacial score (nSPS) is 14.9. The molecule has 10 nitrogen and oxygen atoms in total. The summed E-state index contributed by atoms with van der Waals surface area (Å²) in [4.78, 5) is 44.1. The topological polar surface area (TPSA) is 133 Å². The fraction of sp³-hybridized carbons (Fsp3) is 0.333. The van der Waals surface area contributed by atoms with Crippen molar-refractivity contribution in [2.45, 2.75) is 33.6 Å². The van der Waals surface area contributed by atoms with Gasteiger partial charge in [0.2, 0.25) is 5.95 Å². The molecular weight excluding hydrogens is 502 g/mol. The Morgan fingerprint density at radius 3 is 2.50 bits per heavy atom. The molecule has 0 aliphatic carbocycles. The number of pyridine rings is 1. The number of nitrogens with zero attached hydrogens (tertiary/aromatic N) is 5. The number of amides is 2. The van der Waals surface area contributed by atoms with Gasteiger partial charge in [0.25, 0.3) is 0 Å². The fourth-order valence-electron chi connectivity index (χ4n) is 4.48. The minimum Gasteiger partial charge on any atom is -0.481 e. The van der Waals surface area contributed by atoms with Gasteiger partial charge in [-0.3, -0.25) is 15.1 Å². The SMILES string of the molecule is CCNC(=O)Nc1nc2cc(-c3cnc(N4CCC(C)(C(=O)O)CC4)nc3)cc(-c3cc(C)ccn3)c2s1. The summed E-state index contributed by atoms with van der Waals surface area (Å²) in [6, 6.07) is 7.69. The molecule has 0 bridgehead atoms. The van der Waals surface area contributed by atoms with Crippen LogP contribution in [-0.4, -0.2) is 56.7 Å². The highest BCUT2D eigenvalue weighted by Crippen LogP contribution is 2.38. The van der Waals surface area contributed by atoms with Crippen LogP contribution in [0.5, 0.6) is 0 Å². The van der Waals surface area contributed by atoms with E-state index in [9.17, 15) is 14.7 Å². The van der Waals surface area contributed by atoms with E-state index in [0.29, 0.717) is 43.6 Å². The molecule has 0 atom stereocenters. The molecule has 38 heavy (non-hydrogen) atoms. The zero-order valence-corrected chi connectivity index (χ0v) is 22.3. The number of carbonyl (C=O) groups excluding carboxylic acids is 1. The van der Waals surface area contributed by atoms with Gasteiger partial charge in [0.15, 0.2) is 5.13 Å². The Labute approximate surface area is 224 Å². The van der Waals surface area contributed by atoms with Crippen LogP contribution in [0.4, 0.5) is 15.9 Å². The number of thiazole rings is 1. The Morgan fingerprint density at radius 1 is 1.11 bits per heavy atom. The molecule has 4 aromatic rings. The maximum Gasteiger partial charge on any atom is 0.321 e. The number of aryl methyl sites for hydroxylation is 1. The maximum absolute atomic E-state index is 12.1. The molecule has 1 aromatic carbocycles. The average molecular weight is 532 g/mol. The third kappa shape index (κ3) is 5.14. The van der Waals surface area contributed by atoms with Crippen molar-refractivity contribution in [2.75, 3.05) is 29.9 Å². The number of aromatic nitrogens is 4. The van der Waals surface area contributed by atoms with Gasteiger partial charge < -0.3 is 15.3 Å². The summed E-state index contributed by atoms with van der Waals surface area (Å²) in [5.41, 5.74) is 4.56. The second-order valence-corrected chi connectivity index (χ2v) is 10.7. The number of carbonyl (C=O) groups is 2. The van der Waals surface area contributed by atoms with Crippen molar-refractivity contribution in [3.05, 3.63) is 48.4 Å². The van der Waals surface area contributed by atoms with Gasteiger partial charge in [-0.15, -0.1) is 0 Å². The lowest BCUT2D eigenvalue weighted by molar-refractivity contribution is -0.149. The number of hydrogen-bond donors (Lipinski definition) is 3. The van der Waals surface area contributed by atoms with Crippen LogP contribution in [0.2, 0.25) is 0 Å². The number of carboxylic acids is 1. The molecule has 5 rings (SSSR count). The van der Waals surface area contributed by atoms with E-state index < -0.39 is 11.4 Å². The number of urea groups is 1. The molecule has 196 valence electrons. The summed E-state index contributed by atoms with van der Waals surface area (Å²) in [6.07, 6.45) is 6.44. The molecule has 11 heteroatoms. The van der Waals surface area contributed by atoms with Crippen LogP contribution in [0.25, 0.3) is 32.6 Å². The highest BCUT2D eigenvalue weighted by Gasteiger charge is 2.37. The lowest BCUT2D eigenvalue weighted by Crippen LogP contribution is -2.43. The number of carboxylic acid groups (broad SMARTS) is 1. The molecule has 0 unspecified atom stereocenters. The van der Waals surface area contributed by atoms with Crippen LogP contribution >= 0.6 is 11.3 Å². The second kappa shape index (κ2) is 10.3. The van der Waals surface area contributed by atoms with Crippen molar-refractivity contribution < 1.29 is 14.7 Å². The zero-order valence-electron chi connectivity index (χ0n) is 21.5. The van der Waals surface area contributed by atoms with Crippen LogP contribution in [-0.2, 0) is 4.79 Å². The molecule has 2 amide bonds. The van der Waals surface area contributed by atoms with E-state index in [4.69, 9.17) is 0 Å². The van der Waals surface area contributed by atoms with Crippen LogP contribution in [0.1, 0.15) is 32.3 Å². The summed E-state index contributed by atoms with van der Waals surface area (Å²) in [5.74, 6) is -0.168. The Kier molecular flexibility index (Phi) is 6.94. The summed E-state index contributed by atoms with van der Waals surface area (Å²) < 4.78 is 0.922. The minimum atomic E-state index is -0.755. The van der Waals surface area contributed by atoms with Gasteiger partial charge in [-0.05, 0) is 69.0 Å². The first-order valence-corrected chi connectivity index (χ1v) is 13.3. The molecule has 3 aromatic heterocycles. The summed E-state index contributed by atoms with van der Waals surface area (Å²) in [6.45, 7) is 7.38. The van der Waals surface area contributed by atoms with Crippen molar-refractivity contribution in [3.63, 3.8) is 0 Å². The van der Waals surface area contributed by atoms with Crippen molar-refractivity contribution in [2.24, 2.45) is 5.41 Å². The molecule has 0 saturated carbocycles. The van der Waals surface area contributed by atoms with Gasteiger partial charge in [-0.2, -0.15) is 0 Å². The maximum atomic E-state index is 12.1. The molecule has 4 heterocycles. The smallest absolute Gasteiger partial charge is 0.321 e. The molecule has 0 radical (unpaired) electrons. The lowest BCUT2D eigenvalue weighted by atomic mass is 9.80. The van der Waals surface area contributed by atoms with Gasteiger partial charge in [0, 0.05) is 49.4 Å². The van der Waals surface area contributed by atoms with E-state index >= 15 is 0 Å². The number of rotatable bonds is 6. The Hall–Kier alpha value is -4.12. The zero-order chi connectivity index (χ0) is 26.9. The minimum absolute atomic E-state index is 0.299. The van der Waals surface area contributed by atoms with Gasteiger partial charge in [-0.25, -0.2) is 19.7 Å². The van der Waals surface area contributed by atoms with E-state index in [1.165, 1.54) is 11.3 Å². The predicted octanol–water partition coefficient (Wildman–Crippen LogP) is 4.96. The van der Waals surface area contributed by atoms with E-state index in [2.05, 4.69) is 36.6 Å². The molecule has 1 saturated heterocycles. The number of piperidine rings is 1. The van der Waals surface area contributed by atoms with E-state index in [1.807, 2.05) is 36.9 Å². The second-order valence-electron chi connectivity index (χ2n) is 9.72. The molecule has 1 fully saturated rings. The quantitative estimate of drug-likeness (QED) is 0.318. The Bertz CT molecular complexity index is 1490. The van der Waals surface area contributed by atoms with Crippen LogP contribution in [0.3, 0.4) is 0 Å². The Morgan fingerprint density at radius 2 is 1.84 bits per heavy atom. The summed E-state index contributed by atoms with van der Waals surface area (Å²) in [5, 5.41) is 15.5. The molecule has 1 aliphatic rings. The largest absolute Gasteiger partial charge is 0.481 e. The molecule has 1 aliphatic heterocycles. The van der Waals surface area contributed by atoms with Crippen LogP contribution in [0, 0.1) is 12.3 Å². The first-order chi connectivity index (χ1) is 18.3. The monoisotopic (exact) mass is 531 g/mol. The standard InChI is InChI=1S/C27H29N7O3S/c1-4-28-25(37)33-26-32-21-13-17(12-19(22(21)38-26)20-11-16(2)5-8-29-20)18-14-30-24(31-15-18)34-9-6-27(3,7-10-34)23(35)36/h5,8,11-15H,4,6-7,9-10H2,1-3H3,(H,35,36)(H2,28,32,33,37). The highest BCUT2D eigenvalue weighted by molar-refractivity contribution is 7.22. The molecule has 0 spiro atoms. The summed E-state index contributed by atoms with van der Waals surface area (Å²) >= 11 is 1.40. The van der Waals surface area contributed by atoms with E-state index in [0.717, 1.165) is 38.2 Å². The van der Waals surface area contributed by atoms with Crippen LogP contribution < -0.4 is 15.5 Å². The number of aliphatic carboxylic acids is 1. The highest BCUT2D eigenvalue weighted by atomic mass is 32.1. The number of nitrogens with one attached hydrogen (secondary N) is 2. The number of anilines is 2. The molecule has 3 N–H and O–H groups in total. The average Bonchev–Trinajstić information content (AvgIpc) is 3.31.